The van der Waals surface area contributed by atoms with Gasteiger partial charge in [0.25, 0.3) is 5.91 Å². The van der Waals surface area contributed by atoms with Crippen LogP contribution in [0.2, 0.25) is 0 Å². The molecule has 1 atom stereocenters. The smallest absolute Gasteiger partial charge is 0.261 e. The van der Waals surface area contributed by atoms with E-state index in [0.717, 1.165) is 17.5 Å². The van der Waals surface area contributed by atoms with E-state index in [1.165, 1.54) is 0 Å². The molecule has 2 rings (SSSR count). The summed E-state index contributed by atoms with van der Waals surface area (Å²) >= 11 is 0. The van der Waals surface area contributed by atoms with Crippen LogP contribution >= 0.6 is 0 Å². The summed E-state index contributed by atoms with van der Waals surface area (Å²) in [6, 6.07) is 14.6. The summed E-state index contributed by atoms with van der Waals surface area (Å²) in [5, 5.41) is 2.88. The zero-order valence-electron chi connectivity index (χ0n) is 20.1. The van der Waals surface area contributed by atoms with Crippen molar-refractivity contribution in [3.63, 3.8) is 0 Å². The van der Waals surface area contributed by atoms with Gasteiger partial charge >= 0.3 is 0 Å². The number of para-hydroxylation sites is 1. The van der Waals surface area contributed by atoms with E-state index in [0.29, 0.717) is 18.0 Å². The Labute approximate surface area is 191 Å². The Balaban J connectivity index is 2.22. The summed E-state index contributed by atoms with van der Waals surface area (Å²) in [7, 11) is 1.60. The van der Waals surface area contributed by atoms with Gasteiger partial charge in [0, 0.05) is 13.1 Å². The van der Waals surface area contributed by atoms with E-state index in [9.17, 15) is 9.59 Å². The average Bonchev–Trinajstić information content (AvgIpc) is 2.78. The van der Waals surface area contributed by atoms with Gasteiger partial charge in [-0.3, -0.25) is 9.59 Å². The standard InChI is InChI=1S/C26H36N2O4/c1-7-15-27-25(30)19(2)28(17-20-11-10-12-21(16-20)31-6)24(29)18-32-23-14-9-8-13-22(23)26(3,4)5/h8-14,16,19H,7,15,17-18H2,1-6H3,(H,27,30)/t19-/m1/s1. The molecule has 0 saturated carbocycles. The predicted molar refractivity (Wildman–Crippen MR) is 127 cm³/mol. The predicted octanol–water partition coefficient (Wildman–Crippen LogP) is 4.32. The number of carbonyl (C=O) groups is 2. The molecule has 0 heterocycles. The molecule has 1 N–H and O–H groups in total. The van der Waals surface area contributed by atoms with Crippen LogP contribution in [0.1, 0.15) is 52.2 Å². The molecule has 0 radical (unpaired) electrons. The normalized spacial score (nSPS) is 12.1. The minimum absolute atomic E-state index is 0.118. The molecule has 6 heteroatoms. The van der Waals surface area contributed by atoms with Crippen molar-refractivity contribution in [2.24, 2.45) is 0 Å². The van der Waals surface area contributed by atoms with Crippen LogP contribution in [-0.4, -0.2) is 43.0 Å². The van der Waals surface area contributed by atoms with E-state index >= 15 is 0 Å². The molecule has 0 fully saturated rings. The molecule has 2 amide bonds. The van der Waals surface area contributed by atoms with Crippen molar-refractivity contribution in [2.45, 2.75) is 59.0 Å². The van der Waals surface area contributed by atoms with Crippen LogP contribution in [0, 0.1) is 0 Å². The average molecular weight is 441 g/mol. The molecule has 6 nitrogen and oxygen atoms in total. The van der Waals surface area contributed by atoms with Crippen molar-refractivity contribution in [3.05, 3.63) is 59.7 Å². The first kappa shape index (κ1) is 25.2. The SMILES string of the molecule is CCCNC(=O)[C@@H](C)N(Cc1cccc(OC)c1)C(=O)COc1ccccc1C(C)(C)C. The highest BCUT2D eigenvalue weighted by atomic mass is 16.5. The first-order valence-corrected chi connectivity index (χ1v) is 11.1. The minimum Gasteiger partial charge on any atom is -0.497 e. The van der Waals surface area contributed by atoms with Gasteiger partial charge in [-0.15, -0.1) is 0 Å². The highest BCUT2D eigenvalue weighted by Gasteiger charge is 2.27. The fourth-order valence-corrected chi connectivity index (χ4v) is 3.38. The van der Waals surface area contributed by atoms with Crippen molar-refractivity contribution in [2.75, 3.05) is 20.3 Å². The number of nitrogens with one attached hydrogen (secondary N) is 1. The number of benzene rings is 2. The van der Waals surface area contributed by atoms with Gasteiger partial charge in [0.1, 0.15) is 17.5 Å². The van der Waals surface area contributed by atoms with Gasteiger partial charge in [-0.1, -0.05) is 58.0 Å². The lowest BCUT2D eigenvalue weighted by atomic mass is 9.86. The number of rotatable bonds is 10. The lowest BCUT2D eigenvalue weighted by Crippen LogP contribution is -2.49. The number of ether oxygens (including phenoxy) is 2. The zero-order chi connectivity index (χ0) is 23.7. The Hall–Kier alpha value is -3.02. The third-order valence-electron chi connectivity index (χ3n) is 5.25. The van der Waals surface area contributed by atoms with Crippen molar-refractivity contribution in [1.29, 1.82) is 0 Å². The van der Waals surface area contributed by atoms with Crippen LogP contribution in [0.5, 0.6) is 11.5 Å². The number of amides is 2. The summed E-state index contributed by atoms with van der Waals surface area (Å²) in [6.07, 6.45) is 0.828. The first-order chi connectivity index (χ1) is 15.2. The molecule has 0 aliphatic heterocycles. The summed E-state index contributed by atoms with van der Waals surface area (Å²) in [5.41, 5.74) is 1.79. The molecule has 0 aliphatic rings. The number of nitrogens with zero attached hydrogens (tertiary/aromatic N) is 1. The van der Waals surface area contributed by atoms with E-state index in [1.54, 1.807) is 18.9 Å². The minimum atomic E-state index is -0.637. The maximum Gasteiger partial charge on any atom is 0.261 e. The largest absolute Gasteiger partial charge is 0.497 e. The highest BCUT2D eigenvalue weighted by Crippen LogP contribution is 2.31. The Kier molecular flexibility index (Phi) is 9.12. The van der Waals surface area contributed by atoms with Crippen LogP contribution in [0.3, 0.4) is 0 Å². The van der Waals surface area contributed by atoms with Gasteiger partial charge in [-0.25, -0.2) is 0 Å². The second-order valence-corrected chi connectivity index (χ2v) is 8.88. The van der Waals surface area contributed by atoms with Gasteiger partial charge in [-0.05, 0) is 48.1 Å². The van der Waals surface area contributed by atoms with E-state index in [-0.39, 0.29) is 30.4 Å². The quantitative estimate of drug-likeness (QED) is 0.598. The fraction of sp³-hybridized carbons (Fsp3) is 0.462. The van der Waals surface area contributed by atoms with Gasteiger partial charge in [0.15, 0.2) is 6.61 Å². The van der Waals surface area contributed by atoms with Gasteiger partial charge in [0.2, 0.25) is 5.91 Å². The van der Waals surface area contributed by atoms with Gasteiger partial charge in [0.05, 0.1) is 7.11 Å². The molecule has 0 spiro atoms. The summed E-state index contributed by atoms with van der Waals surface area (Å²) in [4.78, 5) is 27.5. The molecule has 32 heavy (non-hydrogen) atoms. The number of methoxy groups -OCH3 is 1. The summed E-state index contributed by atoms with van der Waals surface area (Å²) < 4.78 is 11.3. The van der Waals surface area contributed by atoms with E-state index in [2.05, 4.69) is 26.1 Å². The number of hydrogen-bond donors (Lipinski definition) is 1. The van der Waals surface area contributed by atoms with Gasteiger partial charge < -0.3 is 19.7 Å². The van der Waals surface area contributed by atoms with Crippen molar-refractivity contribution < 1.29 is 19.1 Å². The lowest BCUT2D eigenvalue weighted by molar-refractivity contribution is -0.142. The summed E-state index contributed by atoms with van der Waals surface area (Å²) in [6.45, 7) is 10.7. The van der Waals surface area contributed by atoms with Crippen LogP contribution in [0.4, 0.5) is 0 Å². The second-order valence-electron chi connectivity index (χ2n) is 8.88. The van der Waals surface area contributed by atoms with Gasteiger partial charge in [-0.2, -0.15) is 0 Å². The highest BCUT2D eigenvalue weighted by molar-refractivity contribution is 5.88. The molecule has 0 bridgehead atoms. The molecule has 2 aromatic carbocycles. The van der Waals surface area contributed by atoms with Crippen molar-refractivity contribution in [1.82, 2.24) is 10.2 Å². The third-order valence-corrected chi connectivity index (χ3v) is 5.25. The molecular weight excluding hydrogens is 404 g/mol. The van der Waals surface area contributed by atoms with Crippen LogP contribution in [-0.2, 0) is 21.5 Å². The maximum absolute atomic E-state index is 13.2. The molecule has 0 aliphatic carbocycles. The number of carbonyl (C=O) groups excluding carboxylic acids is 2. The number of hydrogen-bond acceptors (Lipinski definition) is 4. The molecule has 174 valence electrons. The van der Waals surface area contributed by atoms with E-state index in [1.807, 2.05) is 55.5 Å². The molecule has 0 saturated heterocycles. The van der Waals surface area contributed by atoms with Crippen LogP contribution in [0.25, 0.3) is 0 Å². The zero-order valence-corrected chi connectivity index (χ0v) is 20.1. The van der Waals surface area contributed by atoms with Crippen LogP contribution < -0.4 is 14.8 Å². The Morgan fingerprint density at radius 3 is 2.47 bits per heavy atom. The molecule has 0 aromatic heterocycles. The third kappa shape index (κ3) is 7.01. The Morgan fingerprint density at radius 2 is 1.81 bits per heavy atom. The Bertz CT molecular complexity index is 905. The lowest BCUT2D eigenvalue weighted by Gasteiger charge is -2.29. The monoisotopic (exact) mass is 440 g/mol. The summed E-state index contributed by atoms with van der Waals surface area (Å²) in [5.74, 6) is 0.944. The van der Waals surface area contributed by atoms with Crippen molar-refractivity contribution >= 4 is 11.8 Å². The maximum atomic E-state index is 13.2. The Morgan fingerprint density at radius 1 is 1.09 bits per heavy atom. The second kappa shape index (κ2) is 11.6. The van der Waals surface area contributed by atoms with Crippen LogP contribution in [0.15, 0.2) is 48.5 Å². The fourth-order valence-electron chi connectivity index (χ4n) is 3.38. The first-order valence-electron chi connectivity index (χ1n) is 11.1. The molecule has 2 aromatic rings. The van der Waals surface area contributed by atoms with E-state index < -0.39 is 6.04 Å². The molecular formula is C26H36N2O4. The van der Waals surface area contributed by atoms with E-state index in [4.69, 9.17) is 9.47 Å². The topological polar surface area (TPSA) is 67.9 Å². The molecule has 0 unspecified atom stereocenters. The van der Waals surface area contributed by atoms with Crippen molar-refractivity contribution in [3.8, 4) is 11.5 Å².